The smallest absolute Gasteiger partial charge is 0.274 e. The van der Waals surface area contributed by atoms with Crippen LogP contribution in [0.3, 0.4) is 0 Å². The highest BCUT2D eigenvalue weighted by molar-refractivity contribution is 5.92. The van der Waals surface area contributed by atoms with Crippen molar-refractivity contribution in [2.24, 2.45) is 5.92 Å². The van der Waals surface area contributed by atoms with Gasteiger partial charge in [-0.25, -0.2) is 9.37 Å². The fourth-order valence-electron chi connectivity index (χ4n) is 4.67. The first-order chi connectivity index (χ1) is 12.5. The van der Waals surface area contributed by atoms with Gasteiger partial charge in [-0.1, -0.05) is 6.07 Å². The summed E-state index contributed by atoms with van der Waals surface area (Å²) in [6.45, 7) is 5.78. The molecule has 136 valence electrons. The van der Waals surface area contributed by atoms with Gasteiger partial charge in [0.05, 0.1) is 6.20 Å². The van der Waals surface area contributed by atoms with E-state index in [1.165, 1.54) is 12.3 Å². The molecule has 1 aromatic heterocycles. The van der Waals surface area contributed by atoms with Crippen LogP contribution < -0.4 is 4.90 Å². The van der Waals surface area contributed by atoms with E-state index in [1.807, 2.05) is 11.0 Å². The van der Waals surface area contributed by atoms with E-state index in [9.17, 15) is 9.18 Å². The maximum Gasteiger partial charge on any atom is 0.274 e. The van der Waals surface area contributed by atoms with Crippen LogP contribution in [0, 0.1) is 11.7 Å². The number of anilines is 1. The maximum atomic E-state index is 13.8. The highest BCUT2D eigenvalue weighted by Crippen LogP contribution is 2.44. The Hall–Kier alpha value is -2.50. The molecule has 1 amide bonds. The number of piperidine rings is 1. The third kappa shape index (κ3) is 2.93. The van der Waals surface area contributed by atoms with E-state index in [0.717, 1.165) is 18.5 Å². The van der Waals surface area contributed by atoms with Crippen molar-refractivity contribution in [2.75, 3.05) is 18.0 Å². The Morgan fingerprint density at radius 3 is 2.88 bits per heavy atom. The lowest BCUT2D eigenvalue weighted by molar-refractivity contribution is 0.0661. The molecule has 2 fully saturated rings. The quantitative estimate of drug-likeness (QED) is 0.831. The lowest BCUT2D eigenvalue weighted by Crippen LogP contribution is -2.50. The Bertz CT molecular complexity index is 810. The fourth-order valence-corrected chi connectivity index (χ4v) is 4.67. The van der Waals surface area contributed by atoms with E-state index >= 15 is 0 Å². The topological polar surface area (TPSA) is 49.3 Å². The molecule has 0 N–H and O–H groups in total. The summed E-state index contributed by atoms with van der Waals surface area (Å²) in [5, 5.41) is 0. The van der Waals surface area contributed by atoms with Crippen LogP contribution in [0.2, 0.25) is 0 Å². The summed E-state index contributed by atoms with van der Waals surface area (Å²) in [5.41, 5.74) is 1.25. The molecule has 1 aromatic carbocycles. The molecule has 0 aliphatic carbocycles. The Morgan fingerprint density at radius 1 is 1.31 bits per heavy atom. The normalized spacial score (nSPS) is 24.4. The third-order valence-electron chi connectivity index (χ3n) is 5.60. The number of benzene rings is 1. The third-order valence-corrected chi connectivity index (χ3v) is 5.60. The molecule has 0 radical (unpaired) electrons. The SMILES string of the molecule is CC1(C)C[C@@H]2CN(C(=O)c3cnccn3)CC[C@@H]2N1c1cccc(F)c1. The second-order valence-electron chi connectivity index (χ2n) is 7.82. The zero-order valence-corrected chi connectivity index (χ0v) is 15.1. The van der Waals surface area contributed by atoms with Crippen LogP contribution in [0.5, 0.6) is 0 Å². The molecule has 26 heavy (non-hydrogen) atoms. The number of halogens is 1. The first-order valence-electron chi connectivity index (χ1n) is 9.06. The number of carbonyl (C=O) groups excluding carboxylic acids is 1. The van der Waals surface area contributed by atoms with Gasteiger partial charge in [-0.15, -0.1) is 0 Å². The van der Waals surface area contributed by atoms with Crippen molar-refractivity contribution in [1.29, 1.82) is 0 Å². The Labute approximate surface area is 152 Å². The molecule has 0 spiro atoms. The molecule has 0 bridgehead atoms. The minimum Gasteiger partial charge on any atom is -0.363 e. The summed E-state index contributed by atoms with van der Waals surface area (Å²) in [6, 6.07) is 7.15. The predicted molar refractivity (Wildman–Crippen MR) is 97.4 cm³/mol. The van der Waals surface area contributed by atoms with E-state index in [2.05, 4.69) is 28.7 Å². The summed E-state index contributed by atoms with van der Waals surface area (Å²) in [7, 11) is 0. The van der Waals surface area contributed by atoms with Gasteiger partial charge >= 0.3 is 0 Å². The minimum absolute atomic E-state index is 0.0569. The number of hydrogen-bond donors (Lipinski definition) is 0. The van der Waals surface area contributed by atoms with Gasteiger partial charge in [0.2, 0.25) is 0 Å². The van der Waals surface area contributed by atoms with Gasteiger partial charge in [-0.3, -0.25) is 9.78 Å². The number of hydrogen-bond acceptors (Lipinski definition) is 4. The standard InChI is InChI=1S/C20H23FN4O/c1-20(2)11-14-13-24(19(26)17-12-22-7-8-23-17)9-6-18(14)25(20)16-5-3-4-15(21)10-16/h3-5,7-8,10,12,14,18H,6,9,11,13H2,1-2H3/t14-,18+/m1/s1. The Morgan fingerprint density at radius 2 is 2.15 bits per heavy atom. The molecule has 2 saturated heterocycles. The highest BCUT2D eigenvalue weighted by atomic mass is 19.1. The van der Waals surface area contributed by atoms with Crippen molar-refractivity contribution < 1.29 is 9.18 Å². The van der Waals surface area contributed by atoms with Crippen molar-refractivity contribution in [2.45, 2.75) is 38.3 Å². The summed E-state index contributed by atoms with van der Waals surface area (Å²) >= 11 is 0. The van der Waals surface area contributed by atoms with Crippen molar-refractivity contribution >= 4 is 11.6 Å². The molecule has 2 aliphatic rings. The lowest BCUT2D eigenvalue weighted by atomic mass is 9.89. The van der Waals surface area contributed by atoms with E-state index < -0.39 is 0 Å². The van der Waals surface area contributed by atoms with Gasteiger partial charge in [0.15, 0.2) is 0 Å². The molecule has 2 atom stereocenters. The van der Waals surface area contributed by atoms with Crippen LogP contribution >= 0.6 is 0 Å². The summed E-state index contributed by atoms with van der Waals surface area (Å²) < 4.78 is 13.8. The largest absolute Gasteiger partial charge is 0.363 e. The summed E-state index contributed by atoms with van der Waals surface area (Å²) in [4.78, 5) is 25.1. The zero-order valence-electron chi connectivity index (χ0n) is 15.1. The second-order valence-corrected chi connectivity index (χ2v) is 7.82. The first-order valence-corrected chi connectivity index (χ1v) is 9.06. The van der Waals surface area contributed by atoms with Crippen LogP contribution in [0.4, 0.5) is 10.1 Å². The van der Waals surface area contributed by atoms with Crippen LogP contribution in [-0.4, -0.2) is 45.4 Å². The van der Waals surface area contributed by atoms with Crippen molar-refractivity contribution in [3.8, 4) is 0 Å². The highest BCUT2D eigenvalue weighted by Gasteiger charge is 2.48. The zero-order chi connectivity index (χ0) is 18.3. The molecular weight excluding hydrogens is 331 g/mol. The molecule has 4 rings (SSSR count). The van der Waals surface area contributed by atoms with Crippen LogP contribution in [0.25, 0.3) is 0 Å². The van der Waals surface area contributed by atoms with E-state index in [4.69, 9.17) is 0 Å². The molecule has 6 heteroatoms. The van der Waals surface area contributed by atoms with Gasteiger partial charge < -0.3 is 9.80 Å². The molecule has 2 aliphatic heterocycles. The molecule has 5 nitrogen and oxygen atoms in total. The van der Waals surface area contributed by atoms with Gasteiger partial charge in [-0.2, -0.15) is 0 Å². The van der Waals surface area contributed by atoms with Crippen LogP contribution in [-0.2, 0) is 0 Å². The monoisotopic (exact) mass is 354 g/mol. The Kier molecular flexibility index (Phi) is 4.13. The van der Waals surface area contributed by atoms with Gasteiger partial charge in [-0.05, 0) is 50.8 Å². The van der Waals surface area contributed by atoms with Crippen molar-refractivity contribution in [3.63, 3.8) is 0 Å². The van der Waals surface area contributed by atoms with E-state index in [-0.39, 0.29) is 17.3 Å². The molecule has 3 heterocycles. The van der Waals surface area contributed by atoms with E-state index in [0.29, 0.717) is 30.7 Å². The average Bonchev–Trinajstić information content (AvgIpc) is 2.90. The number of fused-ring (bicyclic) bond motifs is 1. The number of aromatic nitrogens is 2. The van der Waals surface area contributed by atoms with E-state index in [1.54, 1.807) is 24.5 Å². The number of carbonyl (C=O) groups is 1. The van der Waals surface area contributed by atoms with Crippen LogP contribution in [0.15, 0.2) is 42.9 Å². The minimum atomic E-state index is -0.211. The molecule has 2 aromatic rings. The first kappa shape index (κ1) is 16.9. The molecule has 0 unspecified atom stereocenters. The van der Waals surface area contributed by atoms with Crippen LogP contribution in [0.1, 0.15) is 37.2 Å². The van der Waals surface area contributed by atoms with Gasteiger partial charge in [0.1, 0.15) is 11.5 Å². The molecular formula is C20H23FN4O. The number of nitrogens with zero attached hydrogens (tertiary/aromatic N) is 4. The van der Waals surface area contributed by atoms with Crippen molar-refractivity contribution in [3.05, 3.63) is 54.4 Å². The van der Waals surface area contributed by atoms with Gasteiger partial charge in [0.25, 0.3) is 5.91 Å². The summed E-state index contributed by atoms with van der Waals surface area (Å²) in [5.74, 6) is 0.0956. The fraction of sp³-hybridized carbons (Fsp3) is 0.450. The molecule has 0 saturated carbocycles. The Balaban J connectivity index is 1.56. The lowest BCUT2D eigenvalue weighted by Gasteiger charge is -2.41. The predicted octanol–water partition coefficient (Wildman–Crippen LogP) is 3.14. The second kappa shape index (κ2) is 6.34. The van der Waals surface area contributed by atoms with Crippen molar-refractivity contribution in [1.82, 2.24) is 14.9 Å². The number of likely N-dealkylation sites (tertiary alicyclic amines) is 1. The number of amides is 1. The number of rotatable bonds is 2. The maximum absolute atomic E-state index is 13.8. The van der Waals surface area contributed by atoms with Gasteiger partial charge in [0, 0.05) is 42.8 Å². The summed E-state index contributed by atoms with van der Waals surface area (Å²) in [6.07, 6.45) is 6.48. The average molecular weight is 354 g/mol.